The molecule has 2 heterocycles. The van der Waals surface area contributed by atoms with Gasteiger partial charge in [0.25, 0.3) is 0 Å². The van der Waals surface area contributed by atoms with Crippen molar-refractivity contribution in [1.82, 2.24) is 15.1 Å². The third-order valence-corrected chi connectivity index (χ3v) is 4.94. The SMILES string of the molecule is O=C(NCCN1CCCCCC1)N1CC[C@@H]1c1ccc(F)cc1. The molecule has 126 valence electrons. The first-order valence-electron chi connectivity index (χ1n) is 8.76. The first kappa shape index (κ1) is 16.2. The number of halogens is 1. The highest BCUT2D eigenvalue weighted by Crippen LogP contribution is 2.33. The zero-order valence-corrected chi connectivity index (χ0v) is 13.6. The van der Waals surface area contributed by atoms with E-state index in [2.05, 4.69) is 10.2 Å². The Bertz CT molecular complexity index is 512. The fourth-order valence-electron chi connectivity index (χ4n) is 3.44. The summed E-state index contributed by atoms with van der Waals surface area (Å²) in [7, 11) is 0. The number of amides is 2. The summed E-state index contributed by atoms with van der Waals surface area (Å²) in [4.78, 5) is 16.6. The van der Waals surface area contributed by atoms with Crippen LogP contribution in [0.5, 0.6) is 0 Å². The summed E-state index contributed by atoms with van der Waals surface area (Å²) >= 11 is 0. The van der Waals surface area contributed by atoms with Gasteiger partial charge in [-0.25, -0.2) is 9.18 Å². The van der Waals surface area contributed by atoms with Crippen molar-refractivity contribution in [1.29, 1.82) is 0 Å². The maximum Gasteiger partial charge on any atom is 0.317 e. The summed E-state index contributed by atoms with van der Waals surface area (Å²) in [6, 6.07) is 6.56. The zero-order valence-electron chi connectivity index (χ0n) is 13.6. The van der Waals surface area contributed by atoms with Gasteiger partial charge in [0.2, 0.25) is 0 Å². The molecule has 2 aliphatic heterocycles. The van der Waals surface area contributed by atoms with Gasteiger partial charge in [-0.15, -0.1) is 0 Å². The quantitative estimate of drug-likeness (QED) is 0.925. The maximum absolute atomic E-state index is 13.0. The lowest BCUT2D eigenvalue weighted by Gasteiger charge is -2.41. The molecule has 0 radical (unpaired) electrons. The normalized spacial score (nSPS) is 22.3. The van der Waals surface area contributed by atoms with Gasteiger partial charge in [0.05, 0.1) is 6.04 Å². The van der Waals surface area contributed by atoms with E-state index in [1.54, 1.807) is 12.1 Å². The first-order valence-corrected chi connectivity index (χ1v) is 8.76. The van der Waals surface area contributed by atoms with Crippen LogP contribution >= 0.6 is 0 Å². The predicted octanol–water partition coefficient (Wildman–Crippen LogP) is 3.16. The van der Waals surface area contributed by atoms with Crippen LogP contribution in [0.25, 0.3) is 0 Å². The van der Waals surface area contributed by atoms with Crippen LogP contribution in [-0.2, 0) is 0 Å². The second kappa shape index (κ2) is 7.77. The Labute approximate surface area is 137 Å². The van der Waals surface area contributed by atoms with Gasteiger partial charge in [-0.3, -0.25) is 0 Å². The molecule has 1 atom stereocenters. The predicted molar refractivity (Wildman–Crippen MR) is 88.8 cm³/mol. The van der Waals surface area contributed by atoms with Gasteiger partial charge in [0, 0.05) is 19.6 Å². The first-order chi connectivity index (χ1) is 11.2. The Balaban J connectivity index is 1.44. The fourth-order valence-corrected chi connectivity index (χ4v) is 3.44. The molecule has 0 saturated carbocycles. The van der Waals surface area contributed by atoms with Gasteiger partial charge < -0.3 is 15.1 Å². The van der Waals surface area contributed by atoms with E-state index < -0.39 is 0 Å². The summed E-state index contributed by atoms with van der Waals surface area (Å²) < 4.78 is 13.0. The molecular weight excluding hydrogens is 293 g/mol. The Morgan fingerprint density at radius 2 is 1.78 bits per heavy atom. The van der Waals surface area contributed by atoms with E-state index in [0.29, 0.717) is 6.54 Å². The zero-order chi connectivity index (χ0) is 16.1. The third kappa shape index (κ3) is 4.22. The molecule has 2 aliphatic rings. The number of nitrogens with one attached hydrogen (secondary N) is 1. The van der Waals surface area contributed by atoms with Crippen molar-refractivity contribution in [3.05, 3.63) is 35.6 Å². The number of carbonyl (C=O) groups is 1. The van der Waals surface area contributed by atoms with Gasteiger partial charge >= 0.3 is 6.03 Å². The van der Waals surface area contributed by atoms with Crippen LogP contribution in [-0.4, -0.2) is 48.6 Å². The van der Waals surface area contributed by atoms with Crippen LogP contribution in [0.3, 0.4) is 0 Å². The molecule has 0 unspecified atom stereocenters. The van der Waals surface area contributed by atoms with Gasteiger partial charge in [0.15, 0.2) is 0 Å². The number of urea groups is 1. The van der Waals surface area contributed by atoms with Crippen molar-refractivity contribution in [2.24, 2.45) is 0 Å². The van der Waals surface area contributed by atoms with E-state index in [1.165, 1.54) is 37.8 Å². The monoisotopic (exact) mass is 319 g/mol. The molecule has 0 spiro atoms. The second-order valence-electron chi connectivity index (χ2n) is 6.54. The van der Waals surface area contributed by atoms with E-state index >= 15 is 0 Å². The highest BCUT2D eigenvalue weighted by molar-refractivity contribution is 5.75. The highest BCUT2D eigenvalue weighted by atomic mass is 19.1. The average Bonchev–Trinajstić information content (AvgIpc) is 2.77. The summed E-state index contributed by atoms with van der Waals surface area (Å²) in [6.07, 6.45) is 6.15. The van der Waals surface area contributed by atoms with E-state index in [-0.39, 0.29) is 17.9 Å². The van der Waals surface area contributed by atoms with Crippen molar-refractivity contribution in [2.75, 3.05) is 32.7 Å². The minimum Gasteiger partial charge on any atom is -0.337 e. The number of benzene rings is 1. The van der Waals surface area contributed by atoms with E-state index in [4.69, 9.17) is 0 Å². The molecule has 0 bridgehead atoms. The summed E-state index contributed by atoms with van der Waals surface area (Å²) in [5.41, 5.74) is 1.01. The van der Waals surface area contributed by atoms with Crippen LogP contribution in [0.1, 0.15) is 43.7 Å². The number of carbonyl (C=O) groups excluding carboxylic acids is 1. The third-order valence-electron chi connectivity index (χ3n) is 4.94. The van der Waals surface area contributed by atoms with Crippen molar-refractivity contribution in [2.45, 2.75) is 38.1 Å². The molecule has 5 heteroatoms. The topological polar surface area (TPSA) is 35.6 Å². The molecule has 2 fully saturated rings. The number of hydrogen-bond acceptors (Lipinski definition) is 2. The Hall–Kier alpha value is -1.62. The highest BCUT2D eigenvalue weighted by Gasteiger charge is 2.33. The molecule has 0 aliphatic carbocycles. The average molecular weight is 319 g/mol. The van der Waals surface area contributed by atoms with Crippen LogP contribution < -0.4 is 5.32 Å². The van der Waals surface area contributed by atoms with Gasteiger partial charge in [0.1, 0.15) is 5.82 Å². The summed E-state index contributed by atoms with van der Waals surface area (Å²) in [6.45, 7) is 4.71. The molecule has 0 aromatic heterocycles. The maximum atomic E-state index is 13.0. The lowest BCUT2D eigenvalue weighted by Crippen LogP contribution is -2.51. The number of nitrogens with zero attached hydrogens (tertiary/aromatic N) is 2. The van der Waals surface area contributed by atoms with E-state index in [0.717, 1.165) is 38.2 Å². The second-order valence-corrected chi connectivity index (χ2v) is 6.54. The van der Waals surface area contributed by atoms with Gasteiger partial charge in [-0.05, 0) is 50.0 Å². The molecule has 3 rings (SSSR count). The van der Waals surface area contributed by atoms with Gasteiger partial charge in [-0.2, -0.15) is 0 Å². The van der Waals surface area contributed by atoms with Crippen molar-refractivity contribution >= 4 is 6.03 Å². The molecule has 1 N–H and O–H groups in total. The Morgan fingerprint density at radius 3 is 2.39 bits per heavy atom. The lowest BCUT2D eigenvalue weighted by atomic mass is 9.95. The molecule has 23 heavy (non-hydrogen) atoms. The van der Waals surface area contributed by atoms with E-state index in [1.807, 2.05) is 4.90 Å². The smallest absolute Gasteiger partial charge is 0.317 e. The van der Waals surface area contributed by atoms with Crippen molar-refractivity contribution in [3.63, 3.8) is 0 Å². The minimum absolute atomic E-state index is 0.000368. The Kier molecular flexibility index (Phi) is 5.49. The fraction of sp³-hybridized carbons (Fsp3) is 0.611. The molecule has 1 aromatic rings. The number of likely N-dealkylation sites (tertiary alicyclic amines) is 2. The minimum atomic E-state index is -0.235. The van der Waals surface area contributed by atoms with Gasteiger partial charge in [-0.1, -0.05) is 25.0 Å². The van der Waals surface area contributed by atoms with Crippen LogP contribution in [0.4, 0.5) is 9.18 Å². The van der Waals surface area contributed by atoms with Crippen molar-refractivity contribution < 1.29 is 9.18 Å². The molecule has 2 saturated heterocycles. The van der Waals surface area contributed by atoms with Crippen LogP contribution in [0, 0.1) is 5.82 Å². The van der Waals surface area contributed by atoms with Crippen LogP contribution in [0.2, 0.25) is 0 Å². The molecule has 1 aromatic carbocycles. The largest absolute Gasteiger partial charge is 0.337 e. The summed E-state index contributed by atoms with van der Waals surface area (Å²) in [5, 5.41) is 3.03. The number of hydrogen-bond donors (Lipinski definition) is 1. The number of rotatable bonds is 4. The molecule has 4 nitrogen and oxygen atoms in total. The molecule has 2 amide bonds. The van der Waals surface area contributed by atoms with Crippen LogP contribution in [0.15, 0.2) is 24.3 Å². The summed E-state index contributed by atoms with van der Waals surface area (Å²) in [5.74, 6) is -0.235. The van der Waals surface area contributed by atoms with E-state index in [9.17, 15) is 9.18 Å². The van der Waals surface area contributed by atoms with Crippen molar-refractivity contribution in [3.8, 4) is 0 Å². The molecular formula is C18H26FN3O. The lowest BCUT2D eigenvalue weighted by molar-refractivity contribution is 0.114. The Morgan fingerprint density at radius 1 is 1.09 bits per heavy atom. The standard InChI is InChI=1S/C18H26FN3O/c19-16-7-5-15(6-8-16)17-9-13-22(17)18(23)20-10-14-21-11-3-1-2-4-12-21/h5-8,17H,1-4,9-14H2,(H,20,23)/t17-/m1/s1.